The summed E-state index contributed by atoms with van der Waals surface area (Å²) < 4.78 is 4.94. The zero-order valence-corrected chi connectivity index (χ0v) is 13.7. The van der Waals surface area contributed by atoms with E-state index in [1.807, 2.05) is 24.1 Å². The lowest BCUT2D eigenvalue weighted by atomic mass is 10.2. The van der Waals surface area contributed by atoms with Gasteiger partial charge in [0.05, 0.1) is 18.7 Å². The molecule has 2 unspecified atom stereocenters. The Hall–Kier alpha value is -0.750. The first kappa shape index (κ1) is 15.6. The molecule has 1 saturated carbocycles. The van der Waals surface area contributed by atoms with Crippen molar-refractivity contribution >= 4 is 34.2 Å². The van der Waals surface area contributed by atoms with Crippen molar-refractivity contribution in [1.29, 1.82) is 0 Å². The smallest absolute Gasteiger partial charge is 0.311 e. The van der Waals surface area contributed by atoms with Gasteiger partial charge in [-0.15, -0.1) is 11.3 Å². The fraction of sp³-hybridized carbons (Fsp3) is 0.714. The van der Waals surface area contributed by atoms with Crippen molar-refractivity contribution in [3.05, 3.63) is 11.1 Å². The van der Waals surface area contributed by atoms with E-state index in [1.165, 1.54) is 19.3 Å². The van der Waals surface area contributed by atoms with Crippen LogP contribution in [0.4, 0.5) is 5.13 Å². The van der Waals surface area contributed by atoms with E-state index in [9.17, 15) is 4.79 Å². The number of anilines is 1. The Bertz CT molecular complexity index is 437. The topological polar surface area (TPSA) is 51.2 Å². The third-order valence-electron chi connectivity index (χ3n) is 3.32. The first-order valence-electron chi connectivity index (χ1n) is 7.21. The van der Waals surface area contributed by atoms with E-state index in [0.29, 0.717) is 17.9 Å². The summed E-state index contributed by atoms with van der Waals surface area (Å²) in [5.74, 6) is 0.957. The van der Waals surface area contributed by atoms with Crippen LogP contribution >= 0.6 is 23.1 Å². The fourth-order valence-corrected chi connectivity index (χ4v) is 4.45. The summed E-state index contributed by atoms with van der Waals surface area (Å²) in [6.45, 7) is 4.45. The molecule has 0 spiro atoms. The zero-order valence-electron chi connectivity index (χ0n) is 12.1. The number of hydrogen-bond acceptors (Lipinski definition) is 6. The van der Waals surface area contributed by atoms with Crippen molar-refractivity contribution in [3.8, 4) is 0 Å². The molecule has 6 heteroatoms. The van der Waals surface area contributed by atoms with Gasteiger partial charge in [0.1, 0.15) is 0 Å². The second-order valence-corrected chi connectivity index (χ2v) is 7.18. The molecule has 0 aliphatic heterocycles. The lowest BCUT2D eigenvalue weighted by Gasteiger charge is -2.19. The van der Waals surface area contributed by atoms with Gasteiger partial charge >= 0.3 is 5.97 Å². The van der Waals surface area contributed by atoms with Crippen LogP contribution < -0.4 is 5.32 Å². The number of thiazole rings is 1. The highest BCUT2D eigenvalue weighted by Crippen LogP contribution is 2.32. The molecule has 1 heterocycles. The molecular formula is C14H22N2O2S2. The highest BCUT2D eigenvalue weighted by atomic mass is 32.2. The molecule has 1 aromatic heterocycles. The molecule has 2 rings (SSSR count). The van der Waals surface area contributed by atoms with E-state index in [0.717, 1.165) is 16.6 Å². The lowest BCUT2D eigenvalue weighted by molar-refractivity contribution is -0.142. The molecular weight excluding hydrogens is 292 g/mol. The summed E-state index contributed by atoms with van der Waals surface area (Å²) in [6.07, 6.45) is 4.06. The van der Waals surface area contributed by atoms with Gasteiger partial charge in [-0.25, -0.2) is 4.98 Å². The van der Waals surface area contributed by atoms with Crippen LogP contribution in [0.15, 0.2) is 5.38 Å². The highest BCUT2D eigenvalue weighted by molar-refractivity contribution is 7.99. The molecule has 1 aliphatic carbocycles. The third kappa shape index (κ3) is 4.38. The molecule has 0 aromatic carbocycles. The van der Waals surface area contributed by atoms with Gasteiger partial charge in [-0.05, 0) is 25.5 Å². The molecule has 0 radical (unpaired) electrons. The summed E-state index contributed by atoms with van der Waals surface area (Å²) in [5.41, 5.74) is 0.800. The number of nitrogens with zero attached hydrogens (tertiary/aromatic N) is 1. The SMILES string of the molecule is CCOC(=O)Cc1csc(NC2CCCC2SCC)n1. The normalized spacial score (nSPS) is 21.9. The van der Waals surface area contributed by atoms with Gasteiger partial charge in [-0.2, -0.15) is 11.8 Å². The van der Waals surface area contributed by atoms with Crippen molar-refractivity contribution in [2.24, 2.45) is 0 Å². The first-order valence-corrected chi connectivity index (χ1v) is 9.14. The molecule has 0 saturated heterocycles. The van der Waals surface area contributed by atoms with Gasteiger partial charge in [0.2, 0.25) is 0 Å². The number of rotatable bonds is 7. The molecule has 0 bridgehead atoms. The quantitative estimate of drug-likeness (QED) is 0.782. The fourth-order valence-electron chi connectivity index (χ4n) is 2.48. The van der Waals surface area contributed by atoms with Crippen LogP contribution in [0.3, 0.4) is 0 Å². The Balaban J connectivity index is 1.87. The number of aromatic nitrogens is 1. The maximum absolute atomic E-state index is 11.4. The summed E-state index contributed by atoms with van der Waals surface area (Å²) in [7, 11) is 0. The summed E-state index contributed by atoms with van der Waals surface area (Å²) in [4.78, 5) is 15.9. The van der Waals surface area contributed by atoms with E-state index < -0.39 is 0 Å². The monoisotopic (exact) mass is 314 g/mol. The second kappa shape index (κ2) is 7.88. The van der Waals surface area contributed by atoms with Gasteiger partial charge in [-0.1, -0.05) is 13.3 Å². The molecule has 1 aromatic rings. The van der Waals surface area contributed by atoms with Gasteiger partial charge in [0.25, 0.3) is 0 Å². The van der Waals surface area contributed by atoms with Gasteiger partial charge in [-0.3, -0.25) is 4.79 Å². The van der Waals surface area contributed by atoms with Gasteiger partial charge in [0.15, 0.2) is 5.13 Å². The molecule has 1 N–H and O–H groups in total. The number of esters is 1. The Morgan fingerprint density at radius 3 is 3.15 bits per heavy atom. The summed E-state index contributed by atoms with van der Waals surface area (Å²) in [5, 5.41) is 7.10. The molecule has 2 atom stereocenters. The Morgan fingerprint density at radius 2 is 2.40 bits per heavy atom. The number of ether oxygens (including phenoxy) is 1. The van der Waals surface area contributed by atoms with E-state index >= 15 is 0 Å². The minimum atomic E-state index is -0.204. The number of nitrogens with one attached hydrogen (secondary N) is 1. The maximum atomic E-state index is 11.4. The molecule has 112 valence electrons. The Labute approximate surface area is 128 Å². The van der Waals surface area contributed by atoms with Crippen LogP contribution in [0, 0.1) is 0 Å². The lowest BCUT2D eigenvalue weighted by Crippen LogP contribution is -2.26. The van der Waals surface area contributed by atoms with Crippen molar-refractivity contribution in [1.82, 2.24) is 4.98 Å². The standard InChI is InChI=1S/C14H22N2O2S2/c1-3-18-13(17)8-10-9-20-14(15-10)16-11-6-5-7-12(11)19-4-2/h9,11-12H,3-8H2,1-2H3,(H,15,16). The molecule has 4 nitrogen and oxygen atoms in total. The number of hydrogen-bond donors (Lipinski definition) is 1. The third-order valence-corrected chi connectivity index (χ3v) is 5.47. The predicted molar refractivity (Wildman–Crippen MR) is 85.6 cm³/mol. The second-order valence-electron chi connectivity index (χ2n) is 4.80. The van der Waals surface area contributed by atoms with E-state index in [4.69, 9.17) is 4.74 Å². The molecule has 20 heavy (non-hydrogen) atoms. The average molecular weight is 314 g/mol. The predicted octanol–water partition coefficient (Wildman–Crippen LogP) is 3.33. The number of carbonyl (C=O) groups is 1. The van der Waals surface area contributed by atoms with Crippen LogP contribution in [-0.2, 0) is 16.0 Å². The van der Waals surface area contributed by atoms with E-state index in [1.54, 1.807) is 11.3 Å². The van der Waals surface area contributed by atoms with Crippen LogP contribution in [-0.4, -0.2) is 34.6 Å². The molecule has 1 aliphatic rings. The minimum Gasteiger partial charge on any atom is -0.466 e. The first-order chi connectivity index (χ1) is 9.72. The van der Waals surface area contributed by atoms with Gasteiger partial charge < -0.3 is 10.1 Å². The van der Waals surface area contributed by atoms with Crippen molar-refractivity contribution in [3.63, 3.8) is 0 Å². The Kier molecular flexibility index (Phi) is 6.16. The average Bonchev–Trinajstić information content (AvgIpc) is 3.01. The minimum absolute atomic E-state index is 0.204. The van der Waals surface area contributed by atoms with Gasteiger partial charge in [0, 0.05) is 16.7 Å². The van der Waals surface area contributed by atoms with E-state index in [-0.39, 0.29) is 12.4 Å². The number of carbonyl (C=O) groups excluding carboxylic acids is 1. The van der Waals surface area contributed by atoms with Crippen molar-refractivity contribution < 1.29 is 9.53 Å². The summed E-state index contributed by atoms with van der Waals surface area (Å²) >= 11 is 3.61. The van der Waals surface area contributed by atoms with Crippen molar-refractivity contribution in [2.75, 3.05) is 17.7 Å². The molecule has 1 fully saturated rings. The van der Waals surface area contributed by atoms with Crippen LogP contribution in [0.2, 0.25) is 0 Å². The van der Waals surface area contributed by atoms with Crippen LogP contribution in [0.1, 0.15) is 38.8 Å². The zero-order chi connectivity index (χ0) is 14.4. The largest absolute Gasteiger partial charge is 0.466 e. The van der Waals surface area contributed by atoms with Crippen LogP contribution in [0.25, 0.3) is 0 Å². The number of thioether (sulfide) groups is 1. The summed E-state index contributed by atoms with van der Waals surface area (Å²) in [6, 6.07) is 0.515. The highest BCUT2D eigenvalue weighted by Gasteiger charge is 2.27. The van der Waals surface area contributed by atoms with E-state index in [2.05, 4.69) is 17.2 Å². The molecule has 0 amide bonds. The van der Waals surface area contributed by atoms with Crippen molar-refractivity contribution in [2.45, 2.75) is 50.8 Å². The Morgan fingerprint density at radius 1 is 1.55 bits per heavy atom. The maximum Gasteiger partial charge on any atom is 0.311 e. The van der Waals surface area contributed by atoms with Crippen LogP contribution in [0.5, 0.6) is 0 Å².